The lowest BCUT2D eigenvalue weighted by molar-refractivity contribution is 0.160. The first kappa shape index (κ1) is 23.9. The molecule has 4 N–H and O–H groups in total. The minimum atomic E-state index is -0.00994. The van der Waals surface area contributed by atoms with E-state index in [1.165, 1.54) is 13.1 Å². The summed E-state index contributed by atoms with van der Waals surface area (Å²) in [7, 11) is 3.51. The van der Waals surface area contributed by atoms with Crippen molar-refractivity contribution in [2.75, 3.05) is 19.0 Å². The average Bonchev–Trinajstić information content (AvgIpc) is 2.71. The van der Waals surface area contributed by atoms with Gasteiger partial charge in [-0.25, -0.2) is 9.98 Å². The molecule has 0 saturated carbocycles. The number of amidine groups is 2. The number of anilines is 1. The van der Waals surface area contributed by atoms with Crippen LogP contribution in [0.5, 0.6) is 5.75 Å². The highest BCUT2D eigenvalue weighted by Gasteiger charge is 2.39. The third-order valence-corrected chi connectivity index (χ3v) is 5.80. The second-order valence-corrected chi connectivity index (χ2v) is 9.77. The summed E-state index contributed by atoms with van der Waals surface area (Å²) >= 11 is 5.79. The fourth-order valence-corrected chi connectivity index (χ4v) is 4.47. The Bertz CT molecular complexity index is 1020. The Labute approximate surface area is 193 Å². The fourth-order valence-electron chi connectivity index (χ4n) is 4.38. The van der Waals surface area contributed by atoms with E-state index in [1.54, 1.807) is 18.3 Å². The van der Waals surface area contributed by atoms with Crippen LogP contribution in [0.1, 0.15) is 46.1 Å². The van der Waals surface area contributed by atoms with E-state index in [9.17, 15) is 5.11 Å². The zero-order valence-electron chi connectivity index (χ0n) is 19.4. The number of phenols is 1. The molecule has 0 radical (unpaired) electrons. The molecule has 1 aliphatic heterocycles. The van der Waals surface area contributed by atoms with Gasteiger partial charge < -0.3 is 21.1 Å². The van der Waals surface area contributed by atoms with E-state index >= 15 is 0 Å². The molecule has 0 spiro atoms. The van der Waals surface area contributed by atoms with Gasteiger partial charge in [0.05, 0.1) is 6.20 Å². The minimum absolute atomic E-state index is 0.00994. The van der Waals surface area contributed by atoms with Crippen LogP contribution in [-0.2, 0) is 0 Å². The second-order valence-electron chi connectivity index (χ2n) is 9.43. The Morgan fingerprint density at radius 1 is 1.22 bits per heavy atom. The first-order valence-electron chi connectivity index (χ1n) is 10.4. The van der Waals surface area contributed by atoms with Crippen molar-refractivity contribution in [2.45, 2.75) is 57.7 Å². The summed E-state index contributed by atoms with van der Waals surface area (Å²) in [5.74, 6) is 0.689. The number of nitrogens with zero attached hydrogens (tertiary/aromatic N) is 6. The molecular weight excluding hydrogens is 428 g/mol. The monoisotopic (exact) mass is 458 g/mol. The number of aliphatic imine (C=N–C) groups is 2. The Hall–Kier alpha value is -2.78. The van der Waals surface area contributed by atoms with Gasteiger partial charge in [-0.2, -0.15) is 0 Å². The van der Waals surface area contributed by atoms with Crippen LogP contribution >= 0.6 is 11.6 Å². The summed E-state index contributed by atoms with van der Waals surface area (Å²) < 4.78 is 0. The van der Waals surface area contributed by atoms with Gasteiger partial charge in [0.15, 0.2) is 0 Å². The topological polar surface area (TPSA) is 125 Å². The molecule has 0 aliphatic carbocycles. The molecule has 1 fully saturated rings. The highest BCUT2D eigenvalue weighted by molar-refractivity contribution is 6.65. The number of benzene rings is 1. The normalized spacial score (nSPS) is 19.1. The molecule has 172 valence electrons. The molecule has 0 amide bonds. The number of hydrogen-bond donors (Lipinski definition) is 3. The summed E-state index contributed by atoms with van der Waals surface area (Å²) in [6.07, 6.45) is 3.55. The molecule has 3 rings (SSSR count). The smallest absolute Gasteiger partial charge is 0.245 e. The molecule has 10 heteroatoms. The van der Waals surface area contributed by atoms with E-state index in [0.29, 0.717) is 22.8 Å². The largest absolute Gasteiger partial charge is 0.507 e. The van der Waals surface area contributed by atoms with Crippen molar-refractivity contribution in [3.05, 3.63) is 30.0 Å². The molecule has 0 atom stereocenters. The van der Waals surface area contributed by atoms with E-state index in [2.05, 4.69) is 63.1 Å². The zero-order chi connectivity index (χ0) is 23.7. The summed E-state index contributed by atoms with van der Waals surface area (Å²) in [5, 5.41) is 22.8. The van der Waals surface area contributed by atoms with Gasteiger partial charge in [0.25, 0.3) is 0 Å². The van der Waals surface area contributed by atoms with Gasteiger partial charge in [-0.1, -0.05) is 6.07 Å². The molecule has 1 aromatic heterocycles. The third-order valence-electron chi connectivity index (χ3n) is 5.55. The van der Waals surface area contributed by atoms with Crippen LogP contribution in [0.3, 0.4) is 0 Å². The molecule has 0 bridgehead atoms. The number of halogens is 1. The van der Waals surface area contributed by atoms with E-state index in [4.69, 9.17) is 17.3 Å². The predicted octanol–water partition coefficient (Wildman–Crippen LogP) is 2.92. The summed E-state index contributed by atoms with van der Waals surface area (Å²) in [5.41, 5.74) is 7.41. The van der Waals surface area contributed by atoms with E-state index in [-0.39, 0.29) is 34.0 Å². The molecule has 1 saturated heterocycles. The predicted molar refractivity (Wildman–Crippen MR) is 130 cm³/mol. The summed E-state index contributed by atoms with van der Waals surface area (Å²) in [6.45, 7) is 8.85. The number of piperidine rings is 1. The quantitative estimate of drug-likeness (QED) is 0.365. The van der Waals surface area contributed by atoms with Gasteiger partial charge in [-0.15, -0.1) is 10.2 Å². The first-order chi connectivity index (χ1) is 14.9. The van der Waals surface area contributed by atoms with Gasteiger partial charge in [-0.05, 0) is 64.3 Å². The van der Waals surface area contributed by atoms with Gasteiger partial charge in [0, 0.05) is 42.3 Å². The van der Waals surface area contributed by atoms with Crippen LogP contribution in [0.4, 0.5) is 5.95 Å². The third kappa shape index (κ3) is 5.52. The number of aromatic nitrogens is 3. The highest BCUT2D eigenvalue weighted by atomic mass is 35.5. The Kier molecular flexibility index (Phi) is 6.71. The van der Waals surface area contributed by atoms with Gasteiger partial charge in [-0.3, -0.25) is 4.99 Å². The molecule has 2 aromatic rings. The van der Waals surface area contributed by atoms with E-state index < -0.39 is 0 Å². The van der Waals surface area contributed by atoms with Crippen molar-refractivity contribution >= 4 is 28.7 Å². The van der Waals surface area contributed by atoms with E-state index in [0.717, 1.165) is 12.8 Å². The maximum Gasteiger partial charge on any atom is 0.245 e. The van der Waals surface area contributed by atoms with Crippen LogP contribution in [0.15, 0.2) is 34.4 Å². The van der Waals surface area contributed by atoms with Crippen LogP contribution < -0.4 is 16.0 Å². The van der Waals surface area contributed by atoms with Gasteiger partial charge in [0.1, 0.15) is 17.3 Å². The minimum Gasteiger partial charge on any atom is -0.507 e. The molecule has 32 heavy (non-hydrogen) atoms. The maximum atomic E-state index is 10.5. The maximum absolute atomic E-state index is 10.5. The standard InChI is InChI=1S/C22H31ClN8O/c1-21(2)10-14(11-22(3,4)30-21)31(6)20-26-12-16(28-29-20)15-8-7-13(9-17(15)32)18(24)27-19(23)25-5/h7-9,12,14,30,32H,10-11H2,1-6H3,(H2,24,25,27). The first-order valence-corrected chi connectivity index (χ1v) is 10.8. The number of hydrogen-bond acceptors (Lipinski definition) is 7. The summed E-state index contributed by atoms with van der Waals surface area (Å²) in [4.78, 5) is 14.3. The molecule has 0 unspecified atom stereocenters. The zero-order valence-corrected chi connectivity index (χ0v) is 20.1. The highest BCUT2D eigenvalue weighted by Crippen LogP contribution is 2.33. The molecule has 9 nitrogen and oxygen atoms in total. The van der Waals surface area contributed by atoms with Crippen molar-refractivity contribution in [1.82, 2.24) is 20.5 Å². The van der Waals surface area contributed by atoms with Crippen LogP contribution in [0.2, 0.25) is 0 Å². The molecule has 1 aromatic carbocycles. The van der Waals surface area contributed by atoms with E-state index in [1.807, 2.05) is 7.05 Å². The van der Waals surface area contributed by atoms with Crippen molar-refractivity contribution in [3.63, 3.8) is 0 Å². The lowest BCUT2D eigenvalue weighted by Gasteiger charge is -2.48. The van der Waals surface area contributed by atoms with Gasteiger partial charge >= 0.3 is 0 Å². The van der Waals surface area contributed by atoms with Crippen molar-refractivity contribution in [3.8, 4) is 17.0 Å². The number of nitrogens with two attached hydrogens (primary N) is 1. The summed E-state index contributed by atoms with van der Waals surface area (Å²) in [6, 6.07) is 5.18. The van der Waals surface area contributed by atoms with Crippen molar-refractivity contribution in [1.29, 1.82) is 0 Å². The molecule has 1 aliphatic rings. The Morgan fingerprint density at radius 2 is 1.88 bits per heavy atom. The number of rotatable bonds is 4. The lowest BCUT2D eigenvalue weighted by Crippen LogP contribution is -2.62. The lowest BCUT2D eigenvalue weighted by atomic mass is 9.79. The van der Waals surface area contributed by atoms with Crippen LogP contribution in [-0.4, -0.2) is 62.6 Å². The molecule has 2 heterocycles. The Morgan fingerprint density at radius 3 is 2.41 bits per heavy atom. The fraction of sp³-hybridized carbons (Fsp3) is 0.500. The van der Waals surface area contributed by atoms with Crippen LogP contribution in [0, 0.1) is 0 Å². The van der Waals surface area contributed by atoms with Gasteiger partial charge in [0.2, 0.25) is 11.2 Å². The number of nitrogens with one attached hydrogen (secondary N) is 1. The van der Waals surface area contributed by atoms with Crippen molar-refractivity contribution in [2.24, 2.45) is 15.7 Å². The Balaban J connectivity index is 1.80. The SMILES string of the molecule is CN=C(Cl)N=C(N)c1ccc(-c2cnc(N(C)C3CC(C)(C)NC(C)(C)C3)nn2)c(O)c1. The average molecular weight is 459 g/mol. The number of aromatic hydroxyl groups is 1. The number of phenolic OH excluding ortho intramolecular Hbond substituents is 1. The molecular formula is C22H31ClN8O. The second kappa shape index (κ2) is 8.99. The van der Waals surface area contributed by atoms with Crippen molar-refractivity contribution < 1.29 is 5.11 Å². The van der Waals surface area contributed by atoms with Crippen LogP contribution in [0.25, 0.3) is 11.3 Å².